The monoisotopic (exact) mass is 258 g/mol. The highest BCUT2D eigenvalue weighted by Gasteiger charge is 2.31. The Hall–Kier alpha value is -1.30. The number of hydrogen-bond donors (Lipinski definition) is 2. The molecule has 2 N–H and O–H groups in total. The van der Waals surface area contributed by atoms with Crippen molar-refractivity contribution < 1.29 is 19.4 Å². The first kappa shape index (κ1) is 14.8. The molecule has 0 spiro atoms. The van der Waals surface area contributed by atoms with Gasteiger partial charge in [-0.05, 0) is 34.1 Å². The van der Waals surface area contributed by atoms with E-state index in [-0.39, 0.29) is 18.5 Å². The second kappa shape index (κ2) is 5.56. The third kappa shape index (κ3) is 4.52. The molecule has 2 atom stereocenters. The quantitative estimate of drug-likeness (QED) is 0.755. The number of carbonyl (C=O) groups excluding carboxylic acids is 2. The van der Waals surface area contributed by atoms with Crippen molar-refractivity contribution in [2.45, 2.75) is 51.9 Å². The molecule has 0 bridgehead atoms. The number of nitrogens with zero attached hydrogens (tertiary/aromatic N) is 1. The van der Waals surface area contributed by atoms with Crippen molar-refractivity contribution in [3.63, 3.8) is 0 Å². The van der Waals surface area contributed by atoms with Gasteiger partial charge in [-0.25, -0.2) is 4.79 Å². The molecule has 0 unspecified atom stereocenters. The van der Waals surface area contributed by atoms with Crippen LogP contribution in [-0.4, -0.2) is 52.8 Å². The van der Waals surface area contributed by atoms with E-state index in [4.69, 9.17) is 4.74 Å². The minimum absolute atomic E-state index is 0.00735. The van der Waals surface area contributed by atoms with E-state index in [1.165, 1.54) is 0 Å². The first-order chi connectivity index (χ1) is 8.19. The van der Waals surface area contributed by atoms with Crippen molar-refractivity contribution in [1.29, 1.82) is 0 Å². The molecule has 18 heavy (non-hydrogen) atoms. The fourth-order valence-electron chi connectivity index (χ4n) is 1.91. The Bertz CT molecular complexity index is 325. The number of amides is 2. The smallest absolute Gasteiger partial charge is 0.408 e. The highest BCUT2D eigenvalue weighted by molar-refractivity contribution is 5.82. The van der Waals surface area contributed by atoms with Gasteiger partial charge in [0.05, 0.1) is 6.10 Å². The zero-order valence-corrected chi connectivity index (χ0v) is 11.4. The van der Waals surface area contributed by atoms with Crippen molar-refractivity contribution in [3.05, 3.63) is 0 Å². The summed E-state index contributed by atoms with van der Waals surface area (Å²) < 4.78 is 5.03. The summed E-state index contributed by atoms with van der Waals surface area (Å²) in [7, 11) is 0. The van der Waals surface area contributed by atoms with Crippen LogP contribution in [0.3, 0.4) is 0 Å². The number of β-amino-alcohol motifs (C(OH)–C–C–N with tert-alkyl or cyclic N) is 1. The van der Waals surface area contributed by atoms with Crippen LogP contribution in [0.5, 0.6) is 0 Å². The summed E-state index contributed by atoms with van der Waals surface area (Å²) in [6.45, 7) is 7.37. The number of carbonyl (C=O) groups is 2. The van der Waals surface area contributed by atoms with Gasteiger partial charge in [0, 0.05) is 12.6 Å². The standard InChI is InChI=1S/C12H22N2O4/c1-8-5-9(15)7-14(8)10(16)6-13-11(17)18-12(2,3)4/h8-9,15H,5-7H2,1-4H3,(H,13,17)/t8-,9+/m1/s1. The predicted octanol–water partition coefficient (Wildman–Crippen LogP) is 0.493. The van der Waals surface area contributed by atoms with Gasteiger partial charge in [0.2, 0.25) is 5.91 Å². The zero-order chi connectivity index (χ0) is 13.9. The fraction of sp³-hybridized carbons (Fsp3) is 0.833. The van der Waals surface area contributed by atoms with Crippen LogP contribution in [-0.2, 0) is 9.53 Å². The van der Waals surface area contributed by atoms with Crippen LogP contribution >= 0.6 is 0 Å². The molecule has 0 saturated carbocycles. The number of aliphatic hydroxyl groups is 1. The van der Waals surface area contributed by atoms with E-state index in [1.807, 2.05) is 6.92 Å². The molecule has 0 aromatic rings. The first-order valence-electron chi connectivity index (χ1n) is 6.13. The first-order valence-corrected chi connectivity index (χ1v) is 6.13. The number of nitrogens with one attached hydrogen (secondary N) is 1. The molecule has 0 aromatic heterocycles. The number of rotatable bonds is 2. The number of likely N-dealkylation sites (tertiary alicyclic amines) is 1. The molecule has 1 aliphatic heterocycles. The lowest BCUT2D eigenvalue weighted by Crippen LogP contribution is -2.43. The van der Waals surface area contributed by atoms with Crippen LogP contribution < -0.4 is 5.32 Å². The van der Waals surface area contributed by atoms with E-state index < -0.39 is 17.8 Å². The summed E-state index contributed by atoms with van der Waals surface area (Å²) in [6.07, 6.45) is -0.494. The summed E-state index contributed by atoms with van der Waals surface area (Å²) in [6, 6.07) is 0.00735. The highest BCUT2D eigenvalue weighted by Crippen LogP contribution is 2.16. The zero-order valence-electron chi connectivity index (χ0n) is 11.4. The molecule has 6 heteroatoms. The lowest BCUT2D eigenvalue weighted by molar-refractivity contribution is -0.131. The van der Waals surface area contributed by atoms with Crippen molar-refractivity contribution in [3.8, 4) is 0 Å². The Balaban J connectivity index is 2.35. The third-order valence-electron chi connectivity index (χ3n) is 2.66. The average molecular weight is 258 g/mol. The second-order valence-corrected chi connectivity index (χ2v) is 5.64. The number of aliphatic hydroxyl groups excluding tert-OH is 1. The summed E-state index contributed by atoms with van der Waals surface area (Å²) in [5.41, 5.74) is -0.579. The van der Waals surface area contributed by atoms with Gasteiger partial charge in [0.1, 0.15) is 12.1 Å². The summed E-state index contributed by atoms with van der Waals surface area (Å²) in [5.74, 6) is -0.204. The van der Waals surface area contributed by atoms with Gasteiger partial charge in [-0.1, -0.05) is 0 Å². The Labute approximate surface area is 107 Å². The minimum atomic E-state index is -0.608. The average Bonchev–Trinajstić information content (AvgIpc) is 2.52. The maximum absolute atomic E-state index is 11.8. The lowest BCUT2D eigenvalue weighted by Gasteiger charge is -2.23. The van der Waals surface area contributed by atoms with E-state index >= 15 is 0 Å². The summed E-state index contributed by atoms with van der Waals surface area (Å²) in [4.78, 5) is 24.8. The normalized spacial score (nSPS) is 23.9. The third-order valence-corrected chi connectivity index (χ3v) is 2.66. The summed E-state index contributed by atoms with van der Waals surface area (Å²) in [5, 5.41) is 11.9. The van der Waals surface area contributed by atoms with Gasteiger partial charge in [0.15, 0.2) is 0 Å². The van der Waals surface area contributed by atoms with E-state index in [0.29, 0.717) is 13.0 Å². The predicted molar refractivity (Wildman–Crippen MR) is 66.0 cm³/mol. The topological polar surface area (TPSA) is 78.9 Å². The molecular formula is C12H22N2O4. The Morgan fingerprint density at radius 2 is 2.06 bits per heavy atom. The van der Waals surface area contributed by atoms with Crippen molar-refractivity contribution in [2.75, 3.05) is 13.1 Å². The molecular weight excluding hydrogens is 236 g/mol. The van der Waals surface area contributed by atoms with Crippen molar-refractivity contribution in [1.82, 2.24) is 10.2 Å². The van der Waals surface area contributed by atoms with Gasteiger partial charge in [0.25, 0.3) is 0 Å². The number of hydrogen-bond acceptors (Lipinski definition) is 4. The molecule has 1 aliphatic rings. The van der Waals surface area contributed by atoms with E-state index in [9.17, 15) is 14.7 Å². The van der Waals surface area contributed by atoms with Crippen LogP contribution in [0, 0.1) is 0 Å². The molecule has 2 amide bonds. The van der Waals surface area contributed by atoms with Crippen LogP contribution in [0.15, 0.2) is 0 Å². The van der Waals surface area contributed by atoms with Gasteiger partial charge < -0.3 is 20.1 Å². The van der Waals surface area contributed by atoms with Crippen LogP contribution in [0.2, 0.25) is 0 Å². The molecule has 104 valence electrons. The number of alkyl carbamates (subject to hydrolysis) is 1. The highest BCUT2D eigenvalue weighted by atomic mass is 16.6. The molecule has 0 aliphatic carbocycles. The molecule has 0 aromatic carbocycles. The van der Waals surface area contributed by atoms with E-state index in [1.54, 1.807) is 25.7 Å². The molecule has 1 rings (SSSR count). The Morgan fingerprint density at radius 1 is 1.44 bits per heavy atom. The van der Waals surface area contributed by atoms with Crippen molar-refractivity contribution in [2.24, 2.45) is 0 Å². The van der Waals surface area contributed by atoms with Crippen LogP contribution in [0.25, 0.3) is 0 Å². The largest absolute Gasteiger partial charge is 0.444 e. The van der Waals surface area contributed by atoms with Gasteiger partial charge >= 0.3 is 6.09 Å². The molecule has 1 fully saturated rings. The van der Waals surface area contributed by atoms with E-state index in [0.717, 1.165) is 0 Å². The Morgan fingerprint density at radius 3 is 2.50 bits per heavy atom. The molecule has 1 heterocycles. The maximum Gasteiger partial charge on any atom is 0.408 e. The molecule has 0 radical (unpaired) electrons. The van der Waals surface area contributed by atoms with Crippen LogP contribution in [0.1, 0.15) is 34.1 Å². The van der Waals surface area contributed by atoms with Crippen LogP contribution in [0.4, 0.5) is 4.79 Å². The lowest BCUT2D eigenvalue weighted by atomic mass is 10.2. The van der Waals surface area contributed by atoms with Gasteiger partial charge in [-0.15, -0.1) is 0 Å². The van der Waals surface area contributed by atoms with Gasteiger partial charge in [-0.3, -0.25) is 4.79 Å². The SMILES string of the molecule is C[C@@H]1C[C@H](O)CN1C(=O)CNC(=O)OC(C)(C)C. The molecule has 6 nitrogen and oxygen atoms in total. The molecule has 1 saturated heterocycles. The Kier molecular flexibility index (Phi) is 4.56. The van der Waals surface area contributed by atoms with Gasteiger partial charge in [-0.2, -0.15) is 0 Å². The van der Waals surface area contributed by atoms with E-state index in [2.05, 4.69) is 5.32 Å². The number of ether oxygens (including phenoxy) is 1. The minimum Gasteiger partial charge on any atom is -0.444 e. The summed E-state index contributed by atoms with van der Waals surface area (Å²) >= 11 is 0. The second-order valence-electron chi connectivity index (χ2n) is 5.64. The van der Waals surface area contributed by atoms with Crippen molar-refractivity contribution >= 4 is 12.0 Å². The fourth-order valence-corrected chi connectivity index (χ4v) is 1.91. The maximum atomic E-state index is 11.8.